The van der Waals surface area contributed by atoms with E-state index in [1.54, 1.807) is 4.68 Å². The molecule has 6 heteroatoms. The molecule has 2 aromatic heterocycles. The highest BCUT2D eigenvalue weighted by Gasteiger charge is 2.12. The molecule has 0 aliphatic heterocycles. The van der Waals surface area contributed by atoms with E-state index in [0.29, 0.717) is 12.4 Å². The van der Waals surface area contributed by atoms with Crippen LogP contribution in [0.4, 0.5) is 5.82 Å². The Bertz CT molecular complexity index is 522. The Labute approximate surface area is 94.1 Å². The van der Waals surface area contributed by atoms with Crippen LogP contribution in [0.1, 0.15) is 22.9 Å². The second kappa shape index (κ2) is 3.62. The van der Waals surface area contributed by atoms with Gasteiger partial charge in [0.1, 0.15) is 17.5 Å². The van der Waals surface area contributed by atoms with Crippen molar-refractivity contribution in [3.8, 4) is 0 Å². The molecule has 0 amide bonds. The number of anilines is 1. The number of nitrogens with two attached hydrogens (primary N) is 1. The van der Waals surface area contributed by atoms with Crippen molar-refractivity contribution in [2.24, 2.45) is 7.05 Å². The Morgan fingerprint density at radius 3 is 2.31 bits per heavy atom. The summed E-state index contributed by atoms with van der Waals surface area (Å²) in [5.41, 5.74) is 7.89. The zero-order chi connectivity index (χ0) is 11.9. The standard InChI is InChI=1S/C10H16N6/c1-6-9(10(11)15(4)13-6)5-16-8(3)12-7(2)14-16/h5,11H2,1-4H3. The van der Waals surface area contributed by atoms with E-state index in [1.807, 2.05) is 32.5 Å². The van der Waals surface area contributed by atoms with E-state index >= 15 is 0 Å². The summed E-state index contributed by atoms with van der Waals surface area (Å²) >= 11 is 0. The monoisotopic (exact) mass is 220 g/mol. The third kappa shape index (κ3) is 1.66. The van der Waals surface area contributed by atoms with Crippen LogP contribution in [0.3, 0.4) is 0 Å². The number of hydrogen-bond acceptors (Lipinski definition) is 4. The van der Waals surface area contributed by atoms with E-state index in [2.05, 4.69) is 15.2 Å². The van der Waals surface area contributed by atoms with Gasteiger partial charge in [-0.2, -0.15) is 10.2 Å². The van der Waals surface area contributed by atoms with Crippen LogP contribution in [0.15, 0.2) is 0 Å². The molecule has 0 saturated carbocycles. The Hall–Kier alpha value is -1.85. The summed E-state index contributed by atoms with van der Waals surface area (Å²) in [5, 5.41) is 8.58. The molecule has 0 spiro atoms. The van der Waals surface area contributed by atoms with Crippen LogP contribution in [0.5, 0.6) is 0 Å². The van der Waals surface area contributed by atoms with Gasteiger partial charge in [0, 0.05) is 12.6 Å². The van der Waals surface area contributed by atoms with Crippen LogP contribution in [0, 0.1) is 20.8 Å². The maximum absolute atomic E-state index is 5.95. The topological polar surface area (TPSA) is 74.5 Å². The maximum atomic E-state index is 5.95. The molecular formula is C10H16N6. The molecule has 0 aliphatic rings. The number of aryl methyl sites for hydroxylation is 4. The lowest BCUT2D eigenvalue weighted by atomic mass is 10.2. The van der Waals surface area contributed by atoms with Gasteiger partial charge in [-0.25, -0.2) is 9.67 Å². The number of nitrogens with zero attached hydrogens (tertiary/aromatic N) is 5. The van der Waals surface area contributed by atoms with Gasteiger partial charge in [-0.3, -0.25) is 4.68 Å². The molecule has 6 nitrogen and oxygen atoms in total. The van der Waals surface area contributed by atoms with Gasteiger partial charge in [-0.05, 0) is 20.8 Å². The second-order valence-corrected chi connectivity index (χ2v) is 3.94. The fourth-order valence-corrected chi connectivity index (χ4v) is 1.78. The highest BCUT2D eigenvalue weighted by molar-refractivity contribution is 5.42. The molecule has 2 N–H and O–H groups in total. The molecule has 0 aromatic carbocycles. The number of hydrogen-bond donors (Lipinski definition) is 1. The summed E-state index contributed by atoms with van der Waals surface area (Å²) in [6, 6.07) is 0. The number of rotatable bonds is 2. The van der Waals surface area contributed by atoms with Crippen molar-refractivity contribution < 1.29 is 0 Å². The third-order valence-electron chi connectivity index (χ3n) is 2.67. The van der Waals surface area contributed by atoms with Crippen LogP contribution >= 0.6 is 0 Å². The predicted octanol–water partition coefficient (Wildman–Crippen LogP) is 0.567. The summed E-state index contributed by atoms with van der Waals surface area (Å²) in [6.45, 7) is 6.38. The minimum absolute atomic E-state index is 0.623. The number of aromatic nitrogens is 5. The second-order valence-electron chi connectivity index (χ2n) is 3.94. The van der Waals surface area contributed by atoms with Gasteiger partial charge in [0.05, 0.1) is 12.2 Å². The lowest BCUT2D eigenvalue weighted by Gasteiger charge is -2.03. The van der Waals surface area contributed by atoms with Gasteiger partial charge in [0.2, 0.25) is 0 Å². The first-order valence-corrected chi connectivity index (χ1v) is 5.15. The van der Waals surface area contributed by atoms with E-state index in [9.17, 15) is 0 Å². The molecule has 0 unspecified atom stereocenters. The molecule has 0 saturated heterocycles. The molecule has 16 heavy (non-hydrogen) atoms. The molecule has 0 radical (unpaired) electrons. The zero-order valence-corrected chi connectivity index (χ0v) is 10.0. The Morgan fingerprint density at radius 1 is 1.19 bits per heavy atom. The molecule has 2 heterocycles. The van der Waals surface area contributed by atoms with E-state index in [1.165, 1.54) is 0 Å². The Morgan fingerprint density at radius 2 is 1.88 bits per heavy atom. The highest BCUT2D eigenvalue weighted by Crippen LogP contribution is 2.16. The van der Waals surface area contributed by atoms with Gasteiger partial charge in [0.25, 0.3) is 0 Å². The SMILES string of the molecule is Cc1nc(C)n(Cc2c(C)nn(C)c2N)n1. The molecular weight excluding hydrogens is 204 g/mol. The minimum atomic E-state index is 0.623. The quantitative estimate of drug-likeness (QED) is 0.802. The summed E-state index contributed by atoms with van der Waals surface area (Å²) in [7, 11) is 1.84. The van der Waals surface area contributed by atoms with E-state index < -0.39 is 0 Å². The molecule has 0 fully saturated rings. The molecule has 0 bridgehead atoms. The van der Waals surface area contributed by atoms with E-state index in [-0.39, 0.29) is 0 Å². The molecule has 2 rings (SSSR count). The van der Waals surface area contributed by atoms with Crippen LogP contribution in [0.25, 0.3) is 0 Å². The molecule has 2 aromatic rings. The predicted molar refractivity (Wildman–Crippen MR) is 61.0 cm³/mol. The van der Waals surface area contributed by atoms with Gasteiger partial charge in [-0.1, -0.05) is 0 Å². The lowest BCUT2D eigenvalue weighted by molar-refractivity contribution is 0.655. The molecule has 0 aliphatic carbocycles. The summed E-state index contributed by atoms with van der Waals surface area (Å²) < 4.78 is 3.53. The first kappa shape index (κ1) is 10.7. The van der Waals surface area contributed by atoms with Gasteiger partial charge < -0.3 is 5.73 Å². The van der Waals surface area contributed by atoms with Crippen molar-refractivity contribution in [3.05, 3.63) is 22.9 Å². The summed E-state index contributed by atoms with van der Waals surface area (Å²) in [5.74, 6) is 2.35. The smallest absolute Gasteiger partial charge is 0.147 e. The summed E-state index contributed by atoms with van der Waals surface area (Å²) in [4.78, 5) is 4.26. The average molecular weight is 220 g/mol. The summed E-state index contributed by atoms with van der Waals surface area (Å²) in [6.07, 6.45) is 0. The van der Waals surface area contributed by atoms with Crippen LogP contribution in [-0.2, 0) is 13.6 Å². The average Bonchev–Trinajstić information content (AvgIpc) is 2.62. The van der Waals surface area contributed by atoms with Crippen molar-refractivity contribution in [1.82, 2.24) is 24.5 Å². The number of nitrogen functional groups attached to an aromatic ring is 1. The molecule has 0 atom stereocenters. The first-order chi connectivity index (χ1) is 7.49. The largest absolute Gasteiger partial charge is 0.384 e. The Kier molecular flexibility index (Phi) is 2.41. The van der Waals surface area contributed by atoms with Crippen LogP contribution in [-0.4, -0.2) is 24.5 Å². The first-order valence-electron chi connectivity index (χ1n) is 5.15. The van der Waals surface area contributed by atoms with Crippen molar-refractivity contribution in [3.63, 3.8) is 0 Å². The van der Waals surface area contributed by atoms with Crippen LogP contribution in [0.2, 0.25) is 0 Å². The minimum Gasteiger partial charge on any atom is -0.384 e. The van der Waals surface area contributed by atoms with Crippen molar-refractivity contribution in [2.45, 2.75) is 27.3 Å². The Balaban J connectivity index is 2.37. The fourth-order valence-electron chi connectivity index (χ4n) is 1.78. The zero-order valence-electron chi connectivity index (χ0n) is 10.0. The van der Waals surface area contributed by atoms with Gasteiger partial charge in [0.15, 0.2) is 0 Å². The van der Waals surface area contributed by atoms with Crippen molar-refractivity contribution in [1.29, 1.82) is 0 Å². The van der Waals surface area contributed by atoms with Crippen molar-refractivity contribution in [2.75, 3.05) is 5.73 Å². The third-order valence-corrected chi connectivity index (χ3v) is 2.67. The maximum Gasteiger partial charge on any atom is 0.147 e. The fraction of sp³-hybridized carbons (Fsp3) is 0.500. The van der Waals surface area contributed by atoms with Gasteiger partial charge >= 0.3 is 0 Å². The van der Waals surface area contributed by atoms with Crippen molar-refractivity contribution >= 4 is 5.82 Å². The van der Waals surface area contributed by atoms with Crippen LogP contribution < -0.4 is 5.73 Å². The van der Waals surface area contributed by atoms with E-state index in [0.717, 1.165) is 22.9 Å². The molecule has 86 valence electrons. The highest BCUT2D eigenvalue weighted by atomic mass is 15.4. The normalized spacial score (nSPS) is 11.0. The van der Waals surface area contributed by atoms with E-state index in [4.69, 9.17) is 5.73 Å². The lowest BCUT2D eigenvalue weighted by Crippen LogP contribution is -2.07. The van der Waals surface area contributed by atoms with Gasteiger partial charge in [-0.15, -0.1) is 0 Å².